The predicted octanol–water partition coefficient (Wildman–Crippen LogP) is 2.84. The first-order valence-corrected chi connectivity index (χ1v) is 8.06. The van der Waals surface area contributed by atoms with Crippen molar-refractivity contribution in [1.29, 1.82) is 0 Å². The van der Waals surface area contributed by atoms with Gasteiger partial charge in [-0.1, -0.05) is 48.5 Å². The minimum atomic E-state index is 0.646. The van der Waals surface area contributed by atoms with Crippen molar-refractivity contribution in [2.75, 3.05) is 31.6 Å². The van der Waals surface area contributed by atoms with Gasteiger partial charge in [0.1, 0.15) is 0 Å². The second-order valence-corrected chi connectivity index (χ2v) is 5.54. The van der Waals surface area contributed by atoms with Crippen LogP contribution in [0.2, 0.25) is 0 Å². The topological polar surface area (TPSA) is 36.9 Å². The average Bonchev–Trinajstić information content (AvgIpc) is 3.03. The van der Waals surface area contributed by atoms with E-state index in [1.165, 1.54) is 16.8 Å². The minimum absolute atomic E-state index is 0.646. The van der Waals surface area contributed by atoms with Crippen LogP contribution in [-0.2, 0) is 17.8 Å². The monoisotopic (exact) mass is 309 g/mol. The van der Waals surface area contributed by atoms with Crippen LogP contribution < -0.4 is 10.2 Å². The Hall–Kier alpha value is -2.33. The van der Waals surface area contributed by atoms with E-state index in [2.05, 4.69) is 51.6 Å². The Morgan fingerprint density at radius 1 is 1.13 bits per heavy atom. The molecular weight excluding hydrogens is 286 g/mol. The Kier molecular flexibility index (Phi) is 5.27. The van der Waals surface area contributed by atoms with Gasteiger partial charge in [-0.3, -0.25) is 4.99 Å². The summed E-state index contributed by atoms with van der Waals surface area (Å²) >= 11 is 0. The number of ether oxygens (including phenoxy) is 1. The summed E-state index contributed by atoms with van der Waals surface area (Å²) in [5, 5.41) is 3.39. The number of hydrogen-bond acceptors (Lipinski definition) is 2. The molecule has 0 atom stereocenters. The van der Waals surface area contributed by atoms with Gasteiger partial charge in [-0.25, -0.2) is 0 Å². The van der Waals surface area contributed by atoms with Gasteiger partial charge >= 0.3 is 0 Å². The first-order chi connectivity index (χ1) is 11.4. The van der Waals surface area contributed by atoms with Crippen molar-refractivity contribution in [2.24, 2.45) is 4.99 Å². The zero-order valence-electron chi connectivity index (χ0n) is 13.5. The van der Waals surface area contributed by atoms with Crippen LogP contribution in [0.25, 0.3) is 0 Å². The standard InChI is InChI=1S/C19H23N3O/c1-20-19(22-13-11-17-9-5-6-10-18(17)22)21-12-14-23-15-16-7-3-2-4-8-16/h2-10H,11-15H2,1H3,(H,20,21). The van der Waals surface area contributed by atoms with Crippen molar-refractivity contribution < 1.29 is 4.74 Å². The molecule has 1 N–H and O–H groups in total. The molecular formula is C19H23N3O. The normalized spacial score (nSPS) is 14.0. The van der Waals surface area contributed by atoms with E-state index >= 15 is 0 Å². The molecule has 3 rings (SSSR count). The number of aliphatic imine (C=N–C) groups is 1. The summed E-state index contributed by atoms with van der Waals surface area (Å²) in [6.07, 6.45) is 1.07. The Morgan fingerprint density at radius 3 is 2.74 bits per heavy atom. The third kappa shape index (κ3) is 3.90. The maximum absolute atomic E-state index is 5.71. The summed E-state index contributed by atoms with van der Waals surface area (Å²) in [4.78, 5) is 6.64. The zero-order chi connectivity index (χ0) is 15.9. The molecule has 1 aliphatic heterocycles. The van der Waals surface area contributed by atoms with Crippen LogP contribution in [0.5, 0.6) is 0 Å². The predicted molar refractivity (Wildman–Crippen MR) is 95.0 cm³/mol. The summed E-state index contributed by atoms with van der Waals surface area (Å²) in [6.45, 7) is 3.03. The number of guanidine groups is 1. The van der Waals surface area contributed by atoms with Crippen molar-refractivity contribution >= 4 is 11.6 Å². The van der Waals surface area contributed by atoms with Gasteiger partial charge in [-0.15, -0.1) is 0 Å². The number of nitrogens with one attached hydrogen (secondary N) is 1. The number of benzene rings is 2. The molecule has 4 nitrogen and oxygen atoms in total. The lowest BCUT2D eigenvalue weighted by molar-refractivity contribution is 0.125. The summed E-state index contributed by atoms with van der Waals surface area (Å²) in [5.74, 6) is 0.915. The highest BCUT2D eigenvalue weighted by atomic mass is 16.5. The molecule has 0 spiro atoms. The largest absolute Gasteiger partial charge is 0.375 e. The van der Waals surface area contributed by atoms with Gasteiger partial charge in [-0.2, -0.15) is 0 Å². The number of hydrogen-bond donors (Lipinski definition) is 1. The second-order valence-electron chi connectivity index (χ2n) is 5.54. The molecule has 1 heterocycles. The maximum Gasteiger partial charge on any atom is 0.198 e. The van der Waals surface area contributed by atoms with Crippen molar-refractivity contribution in [3.8, 4) is 0 Å². The Morgan fingerprint density at radius 2 is 1.91 bits per heavy atom. The van der Waals surface area contributed by atoms with Gasteiger partial charge in [0.25, 0.3) is 0 Å². The third-order valence-electron chi connectivity index (χ3n) is 4.00. The number of rotatable bonds is 5. The first kappa shape index (κ1) is 15.6. The second kappa shape index (κ2) is 7.79. The van der Waals surface area contributed by atoms with Crippen LogP contribution >= 0.6 is 0 Å². The Balaban J connectivity index is 1.46. The molecule has 0 bridgehead atoms. The lowest BCUT2D eigenvalue weighted by atomic mass is 10.2. The lowest BCUT2D eigenvalue weighted by Gasteiger charge is -2.22. The summed E-state index contributed by atoms with van der Waals surface area (Å²) in [7, 11) is 1.83. The SMILES string of the molecule is CN=C(NCCOCc1ccccc1)N1CCc2ccccc21. The molecule has 120 valence electrons. The molecule has 4 heteroatoms. The van der Waals surface area contributed by atoms with Gasteiger partial charge in [-0.05, 0) is 23.6 Å². The molecule has 0 radical (unpaired) electrons. The fraction of sp³-hybridized carbons (Fsp3) is 0.316. The highest BCUT2D eigenvalue weighted by molar-refractivity contribution is 5.97. The first-order valence-electron chi connectivity index (χ1n) is 8.06. The van der Waals surface area contributed by atoms with Gasteiger partial charge in [0.15, 0.2) is 5.96 Å². The number of para-hydroxylation sites is 1. The molecule has 2 aromatic carbocycles. The number of anilines is 1. The van der Waals surface area contributed by atoms with E-state index in [1.54, 1.807) is 0 Å². The van der Waals surface area contributed by atoms with Crippen LogP contribution in [0, 0.1) is 0 Å². The number of nitrogens with zero attached hydrogens (tertiary/aromatic N) is 2. The van der Waals surface area contributed by atoms with Crippen molar-refractivity contribution in [2.45, 2.75) is 13.0 Å². The van der Waals surface area contributed by atoms with Crippen LogP contribution in [0.4, 0.5) is 5.69 Å². The summed E-state index contributed by atoms with van der Waals surface area (Å²) < 4.78 is 5.71. The van der Waals surface area contributed by atoms with Crippen LogP contribution in [0.15, 0.2) is 59.6 Å². The number of fused-ring (bicyclic) bond motifs is 1. The summed E-state index contributed by atoms with van der Waals surface area (Å²) in [5.41, 5.74) is 3.84. The van der Waals surface area contributed by atoms with Crippen LogP contribution in [0.1, 0.15) is 11.1 Å². The highest BCUT2D eigenvalue weighted by Crippen LogP contribution is 2.27. The smallest absolute Gasteiger partial charge is 0.198 e. The van der Waals surface area contributed by atoms with Crippen molar-refractivity contribution in [1.82, 2.24) is 5.32 Å². The molecule has 0 unspecified atom stereocenters. The van der Waals surface area contributed by atoms with Gasteiger partial charge < -0.3 is 15.0 Å². The van der Waals surface area contributed by atoms with Gasteiger partial charge in [0.05, 0.1) is 13.2 Å². The third-order valence-corrected chi connectivity index (χ3v) is 4.00. The summed E-state index contributed by atoms with van der Waals surface area (Å²) in [6, 6.07) is 18.7. The molecule has 0 aromatic heterocycles. The molecule has 0 saturated heterocycles. The van der Waals surface area contributed by atoms with Gasteiger partial charge in [0, 0.05) is 25.8 Å². The molecule has 2 aromatic rings. The fourth-order valence-corrected chi connectivity index (χ4v) is 2.85. The van der Waals surface area contributed by atoms with E-state index in [0.29, 0.717) is 13.2 Å². The van der Waals surface area contributed by atoms with E-state index in [9.17, 15) is 0 Å². The van der Waals surface area contributed by atoms with E-state index < -0.39 is 0 Å². The Labute approximate surface area is 137 Å². The van der Waals surface area contributed by atoms with Crippen LogP contribution in [0.3, 0.4) is 0 Å². The van der Waals surface area contributed by atoms with Crippen molar-refractivity contribution in [3.63, 3.8) is 0 Å². The van der Waals surface area contributed by atoms with E-state index in [0.717, 1.165) is 25.5 Å². The van der Waals surface area contributed by atoms with E-state index in [-0.39, 0.29) is 0 Å². The molecule has 0 saturated carbocycles. The zero-order valence-corrected chi connectivity index (χ0v) is 13.5. The fourth-order valence-electron chi connectivity index (χ4n) is 2.85. The van der Waals surface area contributed by atoms with Gasteiger partial charge in [0.2, 0.25) is 0 Å². The van der Waals surface area contributed by atoms with E-state index in [1.807, 2.05) is 25.2 Å². The molecule has 1 aliphatic rings. The quantitative estimate of drug-likeness (QED) is 0.524. The van der Waals surface area contributed by atoms with Crippen molar-refractivity contribution in [3.05, 3.63) is 65.7 Å². The maximum atomic E-state index is 5.71. The average molecular weight is 309 g/mol. The highest BCUT2D eigenvalue weighted by Gasteiger charge is 2.21. The molecule has 0 aliphatic carbocycles. The molecule has 0 fully saturated rings. The van der Waals surface area contributed by atoms with E-state index in [4.69, 9.17) is 4.74 Å². The lowest BCUT2D eigenvalue weighted by Crippen LogP contribution is -2.41. The van der Waals surface area contributed by atoms with Crippen LogP contribution in [-0.4, -0.2) is 32.7 Å². The molecule has 23 heavy (non-hydrogen) atoms. The minimum Gasteiger partial charge on any atom is -0.375 e. The molecule has 0 amide bonds. The Bertz CT molecular complexity index is 655.